The molecule has 36 heavy (non-hydrogen) atoms. The van der Waals surface area contributed by atoms with Crippen LogP contribution in [0.2, 0.25) is 0 Å². The predicted octanol–water partition coefficient (Wildman–Crippen LogP) is 4.25. The Balaban J connectivity index is 1.37. The number of nitrogen functional groups attached to an aromatic ring is 1. The normalized spacial score (nSPS) is 14.8. The third kappa shape index (κ3) is 5.14. The first-order chi connectivity index (χ1) is 17.5. The van der Waals surface area contributed by atoms with Crippen LogP contribution < -0.4 is 21.1 Å². The van der Waals surface area contributed by atoms with E-state index in [0.29, 0.717) is 58.1 Å². The molecule has 3 heterocycles. The summed E-state index contributed by atoms with van der Waals surface area (Å²) in [5, 5.41) is 16.1. The number of carbonyl (C=O) groups is 1. The monoisotopic (exact) mass is 593 g/mol. The molecule has 4 N–H and O–H groups in total. The van der Waals surface area contributed by atoms with Gasteiger partial charge in [-0.25, -0.2) is 9.97 Å². The van der Waals surface area contributed by atoms with Crippen molar-refractivity contribution >= 4 is 62.4 Å². The van der Waals surface area contributed by atoms with Crippen LogP contribution in [0.25, 0.3) is 10.9 Å². The van der Waals surface area contributed by atoms with Gasteiger partial charge in [-0.15, -0.1) is 0 Å². The molecule has 4 aromatic rings. The maximum absolute atomic E-state index is 12.4. The Labute approximate surface area is 220 Å². The minimum atomic E-state index is -0.264. The summed E-state index contributed by atoms with van der Waals surface area (Å²) in [7, 11) is 0. The van der Waals surface area contributed by atoms with Gasteiger partial charge in [0.2, 0.25) is 5.95 Å². The number of halogens is 1. The molecule has 180 valence electrons. The zero-order valence-electron chi connectivity index (χ0n) is 18.9. The molecule has 10 nitrogen and oxygen atoms in total. The van der Waals surface area contributed by atoms with Crippen LogP contribution in [0.5, 0.6) is 5.75 Å². The molecule has 1 saturated heterocycles. The number of hydrogen-bond donors (Lipinski definition) is 3. The van der Waals surface area contributed by atoms with E-state index in [4.69, 9.17) is 15.2 Å². The van der Waals surface area contributed by atoms with E-state index in [1.807, 2.05) is 12.1 Å². The number of anilines is 4. The molecule has 1 fully saturated rings. The smallest absolute Gasteiger partial charge is 0.255 e. The third-order valence-corrected chi connectivity index (χ3v) is 6.27. The Morgan fingerprint density at radius 1 is 1.17 bits per heavy atom. The second-order valence-corrected chi connectivity index (χ2v) is 9.30. The molecule has 2 aromatic heterocycles. The number of benzene rings is 2. The van der Waals surface area contributed by atoms with Crippen molar-refractivity contribution in [2.75, 3.05) is 29.6 Å². The number of amides is 1. The minimum absolute atomic E-state index is 0.0567. The molecule has 0 aliphatic carbocycles. The van der Waals surface area contributed by atoms with Gasteiger partial charge in [-0.1, -0.05) is 0 Å². The van der Waals surface area contributed by atoms with Crippen molar-refractivity contribution in [2.45, 2.75) is 12.5 Å². The van der Waals surface area contributed by atoms with Crippen LogP contribution in [0.15, 0.2) is 55.0 Å². The van der Waals surface area contributed by atoms with Gasteiger partial charge < -0.3 is 25.8 Å². The standard InChI is InChI=1S/C25H20IN7O3/c26-16-3-1-14(2-4-16)24(34)32-17-11-30-25(31-12-17)33-23-15(9-27)10-29-21-8-22(20(28)7-19(21)23)36-18-5-6-35-13-18/h1-4,7-8,10-12,18H,5-6,13,28H2,(H,32,34)(H,29,30,31,33). The van der Waals surface area contributed by atoms with Crippen molar-refractivity contribution in [3.8, 4) is 11.8 Å². The van der Waals surface area contributed by atoms with E-state index in [1.165, 1.54) is 18.6 Å². The second kappa shape index (κ2) is 10.3. The molecule has 1 aliphatic rings. The average Bonchev–Trinajstić information content (AvgIpc) is 3.40. The summed E-state index contributed by atoms with van der Waals surface area (Å²) in [6, 6.07) is 12.8. The van der Waals surface area contributed by atoms with Crippen molar-refractivity contribution in [1.82, 2.24) is 15.0 Å². The van der Waals surface area contributed by atoms with Crippen LogP contribution in [0.3, 0.4) is 0 Å². The minimum Gasteiger partial charge on any atom is -0.486 e. The van der Waals surface area contributed by atoms with Crippen LogP contribution in [-0.2, 0) is 4.74 Å². The Bertz CT molecular complexity index is 1460. The largest absolute Gasteiger partial charge is 0.486 e. The summed E-state index contributed by atoms with van der Waals surface area (Å²) in [6.07, 6.45) is 5.18. The summed E-state index contributed by atoms with van der Waals surface area (Å²) in [5.74, 6) is 0.499. The molecule has 1 unspecified atom stereocenters. The fraction of sp³-hybridized carbons (Fsp3) is 0.160. The van der Waals surface area contributed by atoms with E-state index in [1.54, 1.807) is 24.3 Å². The van der Waals surface area contributed by atoms with Crippen LogP contribution in [0.4, 0.5) is 23.0 Å². The van der Waals surface area contributed by atoms with Gasteiger partial charge in [0.1, 0.15) is 17.9 Å². The molecule has 1 atom stereocenters. The van der Waals surface area contributed by atoms with Crippen molar-refractivity contribution in [3.05, 3.63) is 69.7 Å². The summed E-state index contributed by atoms with van der Waals surface area (Å²) in [6.45, 7) is 1.17. The van der Waals surface area contributed by atoms with Crippen molar-refractivity contribution < 1.29 is 14.3 Å². The molecule has 5 rings (SSSR count). The molecule has 11 heteroatoms. The first kappa shape index (κ1) is 23.7. The molecule has 1 aliphatic heterocycles. The van der Waals surface area contributed by atoms with Gasteiger partial charge in [0.05, 0.1) is 53.7 Å². The number of nitrogens with zero attached hydrogens (tertiary/aromatic N) is 4. The molecule has 0 radical (unpaired) electrons. The molecule has 1 amide bonds. The summed E-state index contributed by atoms with van der Waals surface area (Å²) < 4.78 is 12.4. The van der Waals surface area contributed by atoms with Crippen molar-refractivity contribution in [3.63, 3.8) is 0 Å². The first-order valence-electron chi connectivity index (χ1n) is 11.0. The number of pyridine rings is 1. The number of rotatable bonds is 6. The van der Waals surface area contributed by atoms with Crippen LogP contribution in [-0.4, -0.2) is 40.2 Å². The third-order valence-electron chi connectivity index (χ3n) is 5.55. The van der Waals surface area contributed by atoms with Gasteiger partial charge in [0.25, 0.3) is 5.91 Å². The van der Waals surface area contributed by atoms with E-state index in [2.05, 4.69) is 54.2 Å². The average molecular weight is 593 g/mol. The second-order valence-electron chi connectivity index (χ2n) is 8.05. The lowest BCUT2D eigenvalue weighted by Crippen LogP contribution is -2.16. The van der Waals surface area contributed by atoms with Gasteiger partial charge in [-0.3, -0.25) is 9.78 Å². The van der Waals surface area contributed by atoms with Gasteiger partial charge in [0, 0.05) is 33.2 Å². The predicted molar refractivity (Wildman–Crippen MR) is 143 cm³/mol. The van der Waals surface area contributed by atoms with E-state index < -0.39 is 0 Å². The van der Waals surface area contributed by atoms with E-state index in [0.717, 1.165) is 9.99 Å². The lowest BCUT2D eigenvalue weighted by atomic mass is 10.1. The van der Waals surface area contributed by atoms with Gasteiger partial charge in [0.15, 0.2) is 0 Å². The summed E-state index contributed by atoms with van der Waals surface area (Å²) in [4.78, 5) is 25.4. The SMILES string of the molecule is N#Cc1cnc2cc(OC3CCOC3)c(N)cc2c1Nc1ncc(NC(=O)c2ccc(I)cc2)cn1. The van der Waals surface area contributed by atoms with Crippen LogP contribution >= 0.6 is 22.6 Å². The maximum atomic E-state index is 12.4. The number of aromatic nitrogens is 3. The zero-order valence-corrected chi connectivity index (χ0v) is 21.0. The highest BCUT2D eigenvalue weighted by Gasteiger charge is 2.20. The molecular formula is C25H20IN7O3. The zero-order chi connectivity index (χ0) is 25.1. The number of hydrogen-bond acceptors (Lipinski definition) is 9. The summed E-state index contributed by atoms with van der Waals surface area (Å²) >= 11 is 2.18. The number of nitrogens with two attached hydrogens (primary N) is 1. The Morgan fingerprint density at radius 2 is 1.94 bits per heavy atom. The molecule has 2 aromatic carbocycles. The Morgan fingerprint density at radius 3 is 2.64 bits per heavy atom. The Kier molecular flexibility index (Phi) is 6.79. The fourth-order valence-corrected chi connectivity index (χ4v) is 4.08. The number of nitriles is 1. The highest BCUT2D eigenvalue weighted by Crippen LogP contribution is 2.35. The maximum Gasteiger partial charge on any atom is 0.255 e. The highest BCUT2D eigenvalue weighted by molar-refractivity contribution is 14.1. The molecular weight excluding hydrogens is 573 g/mol. The number of nitrogens with one attached hydrogen (secondary N) is 2. The molecule has 0 spiro atoms. The highest BCUT2D eigenvalue weighted by atomic mass is 127. The lowest BCUT2D eigenvalue weighted by Gasteiger charge is -2.16. The fourth-order valence-electron chi connectivity index (χ4n) is 3.72. The first-order valence-corrected chi connectivity index (χ1v) is 12.1. The van der Waals surface area contributed by atoms with Gasteiger partial charge >= 0.3 is 0 Å². The summed E-state index contributed by atoms with van der Waals surface area (Å²) in [5.41, 5.74) is 9.03. The van der Waals surface area contributed by atoms with Crippen LogP contribution in [0, 0.1) is 14.9 Å². The number of ether oxygens (including phenoxy) is 2. The van der Waals surface area contributed by atoms with E-state index in [9.17, 15) is 10.1 Å². The van der Waals surface area contributed by atoms with Crippen molar-refractivity contribution in [2.24, 2.45) is 0 Å². The van der Waals surface area contributed by atoms with Crippen LogP contribution in [0.1, 0.15) is 22.3 Å². The molecule has 0 bridgehead atoms. The van der Waals surface area contributed by atoms with Crippen molar-refractivity contribution in [1.29, 1.82) is 5.26 Å². The van der Waals surface area contributed by atoms with E-state index in [-0.39, 0.29) is 18.0 Å². The quantitative estimate of drug-likeness (QED) is 0.221. The van der Waals surface area contributed by atoms with E-state index >= 15 is 0 Å². The number of fused-ring (bicyclic) bond motifs is 1. The molecule has 0 saturated carbocycles. The lowest BCUT2D eigenvalue weighted by molar-refractivity contribution is 0.102. The van der Waals surface area contributed by atoms with Gasteiger partial charge in [-0.2, -0.15) is 5.26 Å². The number of carbonyl (C=O) groups excluding carboxylic acids is 1. The Hall–Kier alpha value is -4.02. The van der Waals surface area contributed by atoms with Gasteiger partial charge in [-0.05, 0) is 52.9 Å². The topological polar surface area (TPSA) is 148 Å².